The Kier molecular flexibility index (Phi) is 6.82. The number of para-hydroxylation sites is 1. The number of hydrogen-bond donors (Lipinski definition) is 2. The van der Waals surface area contributed by atoms with Crippen LogP contribution in [-0.4, -0.2) is 48.6 Å². The number of benzene rings is 2. The van der Waals surface area contributed by atoms with Gasteiger partial charge in [-0.2, -0.15) is 0 Å². The highest BCUT2D eigenvalue weighted by Crippen LogP contribution is 2.35. The number of nitrogens with zero attached hydrogens (tertiary/aromatic N) is 3. The average molecular weight is 434 g/mol. The maximum absolute atomic E-state index is 6.67. The SMILES string of the molecule is CN1CCC(OC(c2cccc(C#CCN=C(N)N)c2)c2nc3ccccc3s2)CC1. The van der Waals surface area contributed by atoms with Crippen LogP contribution in [0.25, 0.3) is 10.2 Å². The summed E-state index contributed by atoms with van der Waals surface area (Å²) in [4.78, 5) is 11.2. The van der Waals surface area contributed by atoms with E-state index in [9.17, 15) is 0 Å². The monoisotopic (exact) mass is 433 g/mol. The molecule has 0 radical (unpaired) electrons. The van der Waals surface area contributed by atoms with E-state index in [4.69, 9.17) is 21.2 Å². The second-order valence-corrected chi connectivity index (χ2v) is 8.77. The maximum atomic E-state index is 6.67. The summed E-state index contributed by atoms with van der Waals surface area (Å²) in [7, 11) is 2.16. The Morgan fingerprint density at radius 1 is 1.23 bits per heavy atom. The zero-order valence-corrected chi connectivity index (χ0v) is 18.4. The molecule has 7 heteroatoms. The van der Waals surface area contributed by atoms with Crippen molar-refractivity contribution in [1.29, 1.82) is 0 Å². The van der Waals surface area contributed by atoms with Gasteiger partial charge in [-0.15, -0.1) is 11.3 Å². The van der Waals surface area contributed by atoms with E-state index < -0.39 is 0 Å². The predicted octanol–water partition coefficient (Wildman–Crippen LogP) is 3.12. The summed E-state index contributed by atoms with van der Waals surface area (Å²) in [6.07, 6.45) is 2.04. The minimum atomic E-state index is -0.217. The fourth-order valence-electron chi connectivity index (χ4n) is 3.65. The summed E-state index contributed by atoms with van der Waals surface area (Å²) in [5.74, 6) is 6.17. The van der Waals surface area contributed by atoms with Crippen molar-refractivity contribution >= 4 is 27.5 Å². The summed E-state index contributed by atoms with van der Waals surface area (Å²) < 4.78 is 7.84. The lowest BCUT2D eigenvalue weighted by molar-refractivity contribution is -0.0234. The van der Waals surface area contributed by atoms with Crippen LogP contribution in [0.4, 0.5) is 0 Å². The van der Waals surface area contributed by atoms with Crippen molar-refractivity contribution < 1.29 is 4.74 Å². The largest absolute Gasteiger partial charge is 0.370 e. The van der Waals surface area contributed by atoms with Gasteiger partial charge in [0.15, 0.2) is 5.96 Å². The van der Waals surface area contributed by atoms with E-state index in [0.29, 0.717) is 0 Å². The Balaban J connectivity index is 1.63. The summed E-state index contributed by atoms with van der Waals surface area (Å²) in [6.45, 7) is 2.38. The molecule has 1 aliphatic rings. The van der Waals surface area contributed by atoms with Gasteiger partial charge < -0.3 is 21.1 Å². The number of likely N-dealkylation sites (tertiary alicyclic amines) is 1. The molecule has 0 amide bonds. The van der Waals surface area contributed by atoms with Crippen LogP contribution in [0.15, 0.2) is 53.5 Å². The fraction of sp³-hybridized carbons (Fsp3) is 0.333. The van der Waals surface area contributed by atoms with Gasteiger partial charge in [0.25, 0.3) is 0 Å². The van der Waals surface area contributed by atoms with Crippen molar-refractivity contribution in [3.63, 3.8) is 0 Å². The molecule has 1 aromatic heterocycles. The number of rotatable bonds is 5. The number of guanidine groups is 1. The van der Waals surface area contributed by atoms with Crippen molar-refractivity contribution in [2.75, 3.05) is 26.7 Å². The van der Waals surface area contributed by atoms with Gasteiger partial charge in [-0.05, 0) is 49.7 Å². The second kappa shape index (κ2) is 9.92. The number of piperidine rings is 1. The number of ether oxygens (including phenoxy) is 1. The molecule has 1 saturated heterocycles. The van der Waals surface area contributed by atoms with Crippen LogP contribution >= 0.6 is 11.3 Å². The third-order valence-electron chi connectivity index (χ3n) is 5.29. The highest BCUT2D eigenvalue weighted by atomic mass is 32.1. The van der Waals surface area contributed by atoms with E-state index >= 15 is 0 Å². The first-order valence-electron chi connectivity index (χ1n) is 10.4. The Hall–Kier alpha value is -2.92. The van der Waals surface area contributed by atoms with E-state index in [1.165, 1.54) is 4.70 Å². The fourth-order valence-corrected chi connectivity index (χ4v) is 4.68. The molecule has 0 saturated carbocycles. The van der Waals surface area contributed by atoms with Crippen molar-refractivity contribution in [2.45, 2.75) is 25.0 Å². The molecule has 1 aliphatic heterocycles. The number of hydrogen-bond acceptors (Lipinski definition) is 5. The summed E-state index contributed by atoms with van der Waals surface area (Å²) in [6, 6.07) is 16.4. The summed E-state index contributed by atoms with van der Waals surface area (Å²) in [5.41, 5.74) is 13.7. The van der Waals surface area contributed by atoms with Crippen LogP contribution in [0.1, 0.15) is 35.1 Å². The average Bonchev–Trinajstić information content (AvgIpc) is 3.20. The van der Waals surface area contributed by atoms with Gasteiger partial charge in [0.2, 0.25) is 0 Å². The van der Waals surface area contributed by atoms with Crippen LogP contribution in [-0.2, 0) is 4.74 Å². The van der Waals surface area contributed by atoms with Crippen LogP contribution in [0.3, 0.4) is 0 Å². The molecule has 0 spiro atoms. The van der Waals surface area contributed by atoms with E-state index in [-0.39, 0.29) is 24.7 Å². The minimum Gasteiger partial charge on any atom is -0.370 e. The zero-order valence-electron chi connectivity index (χ0n) is 17.6. The van der Waals surface area contributed by atoms with Gasteiger partial charge in [-0.3, -0.25) is 0 Å². The van der Waals surface area contributed by atoms with Crippen molar-refractivity contribution in [3.05, 3.63) is 64.7 Å². The molecule has 31 heavy (non-hydrogen) atoms. The zero-order chi connectivity index (χ0) is 21.6. The molecule has 2 aromatic carbocycles. The molecular formula is C24H27N5OS. The lowest BCUT2D eigenvalue weighted by Gasteiger charge is -2.31. The van der Waals surface area contributed by atoms with Gasteiger partial charge in [0.05, 0.1) is 16.3 Å². The van der Waals surface area contributed by atoms with Gasteiger partial charge >= 0.3 is 0 Å². The quantitative estimate of drug-likeness (QED) is 0.367. The summed E-state index contributed by atoms with van der Waals surface area (Å²) in [5, 5.41) is 0.978. The van der Waals surface area contributed by atoms with E-state index in [1.807, 2.05) is 30.3 Å². The molecule has 4 N–H and O–H groups in total. The lowest BCUT2D eigenvalue weighted by Crippen LogP contribution is -2.35. The molecule has 2 heterocycles. The van der Waals surface area contributed by atoms with Crippen molar-refractivity contribution in [2.24, 2.45) is 16.5 Å². The topological polar surface area (TPSA) is 89.8 Å². The van der Waals surface area contributed by atoms with Gasteiger partial charge in [0, 0.05) is 18.7 Å². The van der Waals surface area contributed by atoms with Crippen LogP contribution in [0.2, 0.25) is 0 Å². The molecular weight excluding hydrogens is 406 g/mol. The minimum absolute atomic E-state index is 0.0467. The molecule has 1 unspecified atom stereocenters. The van der Waals surface area contributed by atoms with Gasteiger partial charge in [0.1, 0.15) is 17.7 Å². The lowest BCUT2D eigenvalue weighted by atomic mass is 10.0. The highest BCUT2D eigenvalue weighted by Gasteiger charge is 2.26. The Labute approximate surface area is 186 Å². The molecule has 0 aliphatic carbocycles. The number of aromatic nitrogens is 1. The summed E-state index contributed by atoms with van der Waals surface area (Å²) >= 11 is 1.69. The first kappa shape index (κ1) is 21.3. The second-order valence-electron chi connectivity index (χ2n) is 7.71. The normalized spacial score (nSPS) is 15.9. The smallest absolute Gasteiger partial charge is 0.186 e. The number of fused-ring (bicyclic) bond motifs is 1. The maximum Gasteiger partial charge on any atom is 0.186 e. The Morgan fingerprint density at radius 3 is 2.81 bits per heavy atom. The third-order valence-corrected chi connectivity index (χ3v) is 6.37. The van der Waals surface area contributed by atoms with Crippen LogP contribution in [0.5, 0.6) is 0 Å². The van der Waals surface area contributed by atoms with Crippen LogP contribution in [0, 0.1) is 11.8 Å². The number of thiazole rings is 1. The van der Waals surface area contributed by atoms with Gasteiger partial charge in [-0.25, -0.2) is 9.98 Å². The molecule has 1 atom stereocenters. The highest BCUT2D eigenvalue weighted by molar-refractivity contribution is 7.18. The van der Waals surface area contributed by atoms with E-state index in [1.54, 1.807) is 11.3 Å². The molecule has 6 nitrogen and oxygen atoms in total. The van der Waals surface area contributed by atoms with Crippen molar-refractivity contribution in [3.8, 4) is 11.8 Å². The van der Waals surface area contributed by atoms with Crippen molar-refractivity contribution in [1.82, 2.24) is 9.88 Å². The predicted molar refractivity (Wildman–Crippen MR) is 127 cm³/mol. The molecule has 0 bridgehead atoms. The number of nitrogens with two attached hydrogens (primary N) is 2. The number of aliphatic imine (C=N–C) groups is 1. The van der Waals surface area contributed by atoms with E-state index in [2.05, 4.69) is 47.0 Å². The van der Waals surface area contributed by atoms with E-state index in [0.717, 1.165) is 47.6 Å². The first-order valence-corrected chi connectivity index (χ1v) is 11.2. The third kappa shape index (κ3) is 5.61. The van der Waals surface area contributed by atoms with Gasteiger partial charge in [-0.1, -0.05) is 36.1 Å². The Bertz CT molecular complexity index is 1080. The first-order chi connectivity index (χ1) is 15.1. The molecule has 160 valence electrons. The molecule has 4 rings (SSSR count). The van der Waals surface area contributed by atoms with Crippen LogP contribution < -0.4 is 11.5 Å². The Morgan fingerprint density at radius 2 is 2.03 bits per heavy atom. The molecule has 3 aromatic rings. The standard InChI is InChI=1S/C24H27N5OS/c1-29-14-11-19(12-15-29)30-22(23-28-20-9-2-3-10-21(20)31-23)18-8-4-6-17(16-18)7-5-13-27-24(25)26/h2-4,6,8-10,16,19,22H,11-15H2,1H3,(H4,25,26,27). The molecule has 1 fully saturated rings.